The normalized spacial score (nSPS) is 11.2. The van der Waals surface area contributed by atoms with E-state index in [0.717, 1.165) is 24.2 Å². The molecule has 19 heavy (non-hydrogen) atoms. The molecule has 1 aromatic carbocycles. The minimum atomic E-state index is -0.0556. The first-order chi connectivity index (χ1) is 8.99. The Balaban J connectivity index is 2.32. The zero-order chi connectivity index (χ0) is 14.0. The smallest absolute Gasteiger partial charge is 0.274 e. The number of fused-ring (bicyclic) bond motifs is 1. The Morgan fingerprint density at radius 1 is 1.21 bits per heavy atom. The third-order valence-electron chi connectivity index (χ3n) is 3.25. The maximum absolute atomic E-state index is 11.9. The highest BCUT2D eigenvalue weighted by Gasteiger charge is 2.06. The van der Waals surface area contributed by atoms with Gasteiger partial charge in [0.15, 0.2) is 0 Å². The molecule has 1 aromatic heterocycles. The average Bonchev–Trinajstić information content (AvgIpc) is 2.40. The van der Waals surface area contributed by atoms with Crippen molar-refractivity contribution < 1.29 is 0 Å². The SMILES string of the molecule is CN(C)CCN(C)c1ccc2c(=O)n(C)ncc2c1. The van der Waals surface area contributed by atoms with Crippen LogP contribution in [0.3, 0.4) is 0 Å². The van der Waals surface area contributed by atoms with Gasteiger partial charge >= 0.3 is 0 Å². The second-order valence-electron chi connectivity index (χ2n) is 5.07. The molecule has 2 rings (SSSR count). The summed E-state index contributed by atoms with van der Waals surface area (Å²) in [5.74, 6) is 0. The molecule has 0 saturated heterocycles. The first-order valence-corrected chi connectivity index (χ1v) is 6.31. The maximum atomic E-state index is 11.9. The molecular formula is C14H20N4O. The number of nitrogens with zero attached hydrogens (tertiary/aromatic N) is 4. The molecule has 2 aromatic rings. The lowest BCUT2D eigenvalue weighted by Gasteiger charge is -2.21. The molecule has 0 bridgehead atoms. The Hall–Kier alpha value is -1.88. The van der Waals surface area contributed by atoms with Gasteiger partial charge in [-0.1, -0.05) is 0 Å². The predicted molar refractivity (Wildman–Crippen MR) is 78.8 cm³/mol. The quantitative estimate of drug-likeness (QED) is 0.820. The highest BCUT2D eigenvalue weighted by Crippen LogP contribution is 2.18. The van der Waals surface area contributed by atoms with Crippen molar-refractivity contribution in [2.45, 2.75) is 0 Å². The Labute approximate surface area is 113 Å². The molecule has 0 saturated carbocycles. The predicted octanol–water partition coefficient (Wildman–Crippen LogP) is 0.931. The van der Waals surface area contributed by atoms with Crippen LogP contribution in [0, 0.1) is 0 Å². The van der Waals surface area contributed by atoms with E-state index in [-0.39, 0.29) is 5.56 Å². The molecule has 0 amide bonds. The summed E-state index contributed by atoms with van der Waals surface area (Å²) >= 11 is 0. The number of benzene rings is 1. The second-order valence-corrected chi connectivity index (χ2v) is 5.07. The number of hydrogen-bond donors (Lipinski definition) is 0. The average molecular weight is 260 g/mol. The maximum Gasteiger partial charge on any atom is 0.274 e. The van der Waals surface area contributed by atoms with Crippen molar-refractivity contribution in [1.82, 2.24) is 14.7 Å². The van der Waals surface area contributed by atoms with Crippen LogP contribution in [0.2, 0.25) is 0 Å². The highest BCUT2D eigenvalue weighted by molar-refractivity contribution is 5.84. The van der Waals surface area contributed by atoms with Gasteiger partial charge < -0.3 is 9.80 Å². The summed E-state index contributed by atoms with van der Waals surface area (Å²) in [5, 5.41) is 5.66. The summed E-state index contributed by atoms with van der Waals surface area (Å²) in [4.78, 5) is 16.2. The summed E-state index contributed by atoms with van der Waals surface area (Å²) in [5.41, 5.74) is 1.05. The number of aryl methyl sites for hydroxylation is 1. The molecule has 0 fully saturated rings. The lowest BCUT2D eigenvalue weighted by Crippen LogP contribution is -2.28. The van der Waals surface area contributed by atoms with Crippen LogP contribution in [-0.4, -0.2) is 48.9 Å². The van der Waals surface area contributed by atoms with Crippen LogP contribution in [0.1, 0.15) is 0 Å². The first kappa shape index (κ1) is 13.5. The fourth-order valence-corrected chi connectivity index (χ4v) is 1.94. The van der Waals surface area contributed by atoms with E-state index >= 15 is 0 Å². The monoisotopic (exact) mass is 260 g/mol. The van der Waals surface area contributed by atoms with Gasteiger partial charge in [0.1, 0.15) is 0 Å². The Kier molecular flexibility index (Phi) is 3.85. The van der Waals surface area contributed by atoms with Crippen LogP contribution in [0.15, 0.2) is 29.2 Å². The summed E-state index contributed by atoms with van der Waals surface area (Å²) in [6, 6.07) is 5.87. The Morgan fingerprint density at radius 2 is 1.95 bits per heavy atom. The molecule has 0 aliphatic carbocycles. The molecule has 0 radical (unpaired) electrons. The van der Waals surface area contributed by atoms with Gasteiger partial charge in [-0.2, -0.15) is 5.10 Å². The van der Waals surface area contributed by atoms with Crippen LogP contribution in [-0.2, 0) is 7.05 Å². The zero-order valence-corrected chi connectivity index (χ0v) is 11.9. The van der Waals surface area contributed by atoms with Crippen LogP contribution in [0.4, 0.5) is 5.69 Å². The van der Waals surface area contributed by atoms with Crippen molar-refractivity contribution in [3.63, 3.8) is 0 Å². The van der Waals surface area contributed by atoms with Gasteiger partial charge in [-0.3, -0.25) is 4.79 Å². The van der Waals surface area contributed by atoms with Crippen molar-refractivity contribution in [3.8, 4) is 0 Å². The van der Waals surface area contributed by atoms with E-state index in [0.29, 0.717) is 5.39 Å². The van der Waals surface area contributed by atoms with Gasteiger partial charge in [0.2, 0.25) is 0 Å². The number of rotatable bonds is 4. The fraction of sp³-hybridized carbons (Fsp3) is 0.429. The minimum Gasteiger partial charge on any atom is -0.373 e. The zero-order valence-electron chi connectivity index (χ0n) is 11.9. The molecule has 0 aliphatic rings. The van der Waals surface area contributed by atoms with Gasteiger partial charge in [-0.15, -0.1) is 0 Å². The van der Waals surface area contributed by atoms with Crippen molar-refractivity contribution >= 4 is 16.5 Å². The van der Waals surface area contributed by atoms with E-state index in [1.54, 1.807) is 13.2 Å². The molecule has 5 nitrogen and oxygen atoms in total. The molecular weight excluding hydrogens is 240 g/mol. The third-order valence-corrected chi connectivity index (χ3v) is 3.25. The van der Waals surface area contributed by atoms with Crippen LogP contribution < -0.4 is 10.5 Å². The fourth-order valence-electron chi connectivity index (χ4n) is 1.94. The van der Waals surface area contributed by atoms with Crippen molar-refractivity contribution in [1.29, 1.82) is 0 Å². The minimum absolute atomic E-state index is 0.0556. The van der Waals surface area contributed by atoms with Gasteiger partial charge in [-0.05, 0) is 32.3 Å². The largest absolute Gasteiger partial charge is 0.373 e. The third kappa shape index (κ3) is 2.93. The summed E-state index contributed by atoms with van der Waals surface area (Å²) in [7, 11) is 7.84. The number of anilines is 1. The van der Waals surface area contributed by atoms with Crippen LogP contribution >= 0.6 is 0 Å². The van der Waals surface area contributed by atoms with Gasteiger partial charge in [0.05, 0.1) is 11.6 Å². The van der Waals surface area contributed by atoms with E-state index < -0.39 is 0 Å². The summed E-state index contributed by atoms with van der Waals surface area (Å²) in [6.45, 7) is 1.93. The number of likely N-dealkylation sites (N-methyl/N-ethyl adjacent to an activating group) is 2. The molecule has 0 spiro atoms. The van der Waals surface area contributed by atoms with E-state index in [2.05, 4.69) is 36.0 Å². The van der Waals surface area contributed by atoms with Crippen molar-refractivity contribution in [3.05, 3.63) is 34.7 Å². The lowest BCUT2D eigenvalue weighted by atomic mass is 10.1. The topological polar surface area (TPSA) is 41.4 Å². The summed E-state index contributed by atoms with van der Waals surface area (Å²) in [6.07, 6.45) is 1.74. The Morgan fingerprint density at radius 3 is 2.63 bits per heavy atom. The standard InChI is InChI=1S/C14H20N4O/c1-16(2)7-8-17(3)12-5-6-13-11(9-12)10-15-18(4)14(13)19/h5-6,9-10H,7-8H2,1-4H3. The van der Waals surface area contributed by atoms with E-state index in [9.17, 15) is 4.79 Å². The first-order valence-electron chi connectivity index (χ1n) is 6.31. The molecule has 102 valence electrons. The van der Waals surface area contributed by atoms with Crippen LogP contribution in [0.5, 0.6) is 0 Å². The molecule has 0 atom stereocenters. The second kappa shape index (κ2) is 5.40. The van der Waals surface area contributed by atoms with Crippen LogP contribution in [0.25, 0.3) is 10.8 Å². The van der Waals surface area contributed by atoms with E-state index in [4.69, 9.17) is 0 Å². The molecule has 0 unspecified atom stereocenters. The molecule has 0 N–H and O–H groups in total. The van der Waals surface area contributed by atoms with Gasteiger partial charge in [0, 0.05) is 38.3 Å². The van der Waals surface area contributed by atoms with Gasteiger partial charge in [0.25, 0.3) is 5.56 Å². The van der Waals surface area contributed by atoms with E-state index in [1.807, 2.05) is 18.2 Å². The number of aromatic nitrogens is 2. The number of hydrogen-bond acceptors (Lipinski definition) is 4. The van der Waals surface area contributed by atoms with E-state index in [1.165, 1.54) is 4.68 Å². The van der Waals surface area contributed by atoms with Crippen molar-refractivity contribution in [2.75, 3.05) is 39.1 Å². The highest BCUT2D eigenvalue weighted by atomic mass is 16.1. The summed E-state index contributed by atoms with van der Waals surface area (Å²) < 4.78 is 1.36. The molecule has 1 heterocycles. The van der Waals surface area contributed by atoms with Crippen molar-refractivity contribution in [2.24, 2.45) is 7.05 Å². The molecule has 5 heteroatoms. The molecule has 0 aliphatic heterocycles. The van der Waals surface area contributed by atoms with Gasteiger partial charge in [-0.25, -0.2) is 4.68 Å². The lowest BCUT2D eigenvalue weighted by molar-refractivity contribution is 0.416. The Bertz CT molecular complexity index is 633.